The molecule has 0 aliphatic rings. The molecule has 6 nitrogen and oxygen atoms in total. The summed E-state index contributed by atoms with van der Waals surface area (Å²) in [6.45, 7) is 4.44. The molecule has 0 aromatic heterocycles. The van der Waals surface area contributed by atoms with Crippen LogP contribution in [0.5, 0.6) is 0 Å². The average Bonchev–Trinajstić information content (AvgIpc) is 2.72. The van der Waals surface area contributed by atoms with Crippen LogP contribution in [0.15, 0.2) is 59.5 Å². The van der Waals surface area contributed by atoms with Crippen molar-refractivity contribution in [3.8, 4) is 9.85 Å². The fourth-order valence-electron chi connectivity index (χ4n) is 2.18. The molecule has 0 spiro atoms. The summed E-state index contributed by atoms with van der Waals surface area (Å²) in [6.07, 6.45) is 1.66. The summed E-state index contributed by atoms with van der Waals surface area (Å²) in [7, 11) is -9.53. The second kappa shape index (κ2) is 13.3. The average molecular weight is 617 g/mol. The summed E-state index contributed by atoms with van der Waals surface area (Å²) in [6, 6.07) is 17.2. The van der Waals surface area contributed by atoms with Gasteiger partial charge in [0, 0.05) is 12.5 Å². The Morgan fingerprint density at radius 1 is 1.03 bits per heavy atom. The van der Waals surface area contributed by atoms with Crippen molar-refractivity contribution in [3.05, 3.63) is 63.7 Å². The summed E-state index contributed by atoms with van der Waals surface area (Å²) in [5.74, 6) is 3.54. The third kappa shape index (κ3) is 11.3. The molecule has 0 heterocycles. The molecular weight excluding hydrogens is 594 g/mol. The Morgan fingerprint density at radius 3 is 2.06 bits per heavy atom. The number of nitrogens with one attached hydrogen (secondary N) is 1. The van der Waals surface area contributed by atoms with Gasteiger partial charge in [-0.1, -0.05) is 42.8 Å². The molecule has 0 fully saturated rings. The Balaban J connectivity index is 0.000000582. The van der Waals surface area contributed by atoms with Gasteiger partial charge in [0.1, 0.15) is 0 Å². The summed E-state index contributed by atoms with van der Waals surface area (Å²) in [5, 5.41) is 0. The van der Waals surface area contributed by atoms with Gasteiger partial charge >= 0.3 is 26.7 Å². The standard InChI is InChI=1S/C20H23INO2S.CHF3O3S/c1-3-18(13-15-21-19-7-5-4-6-8-19)14-16-22-25(23,24)20-11-9-17(2)10-12-20;2-1(3,4)8(5,6)7/h4-12,18,22H,3,14,16H2,1-2H3;(H,5,6,7)/q+1;/p-1. The Kier molecular flexibility index (Phi) is 11.8. The highest BCUT2D eigenvalue weighted by Gasteiger charge is 2.36. The van der Waals surface area contributed by atoms with E-state index in [4.69, 9.17) is 13.0 Å². The Labute approximate surface area is 203 Å². The van der Waals surface area contributed by atoms with Gasteiger partial charge in [0.05, 0.1) is 4.90 Å². The van der Waals surface area contributed by atoms with E-state index < -0.39 is 25.6 Å². The number of hydrogen-bond donors (Lipinski definition) is 1. The first-order valence-electron chi connectivity index (χ1n) is 9.54. The van der Waals surface area contributed by atoms with Gasteiger partial charge in [-0.05, 0) is 50.0 Å². The normalized spacial score (nSPS) is 12.7. The lowest BCUT2D eigenvalue weighted by molar-refractivity contribution is -0.535. The molecule has 33 heavy (non-hydrogen) atoms. The van der Waals surface area contributed by atoms with Gasteiger partial charge in [0.25, 0.3) is 0 Å². The van der Waals surface area contributed by atoms with Gasteiger partial charge in [-0.2, -0.15) is 13.2 Å². The van der Waals surface area contributed by atoms with E-state index in [1.165, 1.54) is 3.57 Å². The number of hydrogen-bond acceptors (Lipinski definition) is 5. The monoisotopic (exact) mass is 617 g/mol. The minimum Gasteiger partial charge on any atom is -0.741 e. The van der Waals surface area contributed by atoms with Crippen LogP contribution in [0.2, 0.25) is 0 Å². The second-order valence-electron chi connectivity index (χ2n) is 6.63. The number of rotatable bonds is 7. The van der Waals surface area contributed by atoms with Gasteiger partial charge < -0.3 is 4.55 Å². The number of halogens is 4. The Morgan fingerprint density at radius 2 is 1.58 bits per heavy atom. The van der Waals surface area contributed by atoms with Crippen LogP contribution in [0.4, 0.5) is 13.2 Å². The van der Waals surface area contributed by atoms with E-state index in [-0.39, 0.29) is 27.1 Å². The molecule has 2 aromatic carbocycles. The number of alkyl halides is 3. The van der Waals surface area contributed by atoms with E-state index in [1.807, 2.05) is 37.3 Å². The maximum atomic E-state index is 12.3. The first-order chi connectivity index (χ1) is 15.3. The van der Waals surface area contributed by atoms with Gasteiger partial charge in [-0.25, -0.2) is 21.6 Å². The van der Waals surface area contributed by atoms with Crippen LogP contribution in [-0.4, -0.2) is 33.4 Å². The van der Waals surface area contributed by atoms with Gasteiger partial charge in [0.15, 0.2) is 14.0 Å². The summed E-state index contributed by atoms with van der Waals surface area (Å²) < 4.78 is 90.8. The van der Waals surface area contributed by atoms with Crippen LogP contribution in [0.1, 0.15) is 25.3 Å². The zero-order chi connectivity index (χ0) is 25.1. The molecule has 0 aliphatic carbocycles. The second-order valence-corrected chi connectivity index (χ2v) is 12.1. The smallest absolute Gasteiger partial charge is 0.485 e. The van der Waals surface area contributed by atoms with E-state index in [0.717, 1.165) is 18.4 Å². The molecule has 0 saturated carbocycles. The largest absolute Gasteiger partial charge is 0.741 e. The van der Waals surface area contributed by atoms with E-state index in [0.29, 0.717) is 11.4 Å². The van der Waals surface area contributed by atoms with E-state index in [1.54, 1.807) is 12.1 Å². The van der Waals surface area contributed by atoms with E-state index in [2.05, 4.69) is 33.6 Å². The highest BCUT2D eigenvalue weighted by atomic mass is 127. The number of benzene rings is 2. The Bertz CT molecular complexity index is 1140. The lowest BCUT2D eigenvalue weighted by Crippen LogP contribution is -3.59. The van der Waals surface area contributed by atoms with Crippen molar-refractivity contribution in [2.24, 2.45) is 5.92 Å². The summed E-state index contributed by atoms with van der Waals surface area (Å²) in [5.41, 5.74) is -4.60. The molecule has 12 heteroatoms. The molecule has 2 aromatic rings. The maximum absolute atomic E-state index is 12.3. The molecule has 2 rings (SSSR count). The summed E-state index contributed by atoms with van der Waals surface area (Å²) >= 11 is -0.292. The molecule has 0 radical (unpaired) electrons. The van der Waals surface area contributed by atoms with Crippen LogP contribution < -0.4 is 25.9 Å². The van der Waals surface area contributed by atoms with Gasteiger partial charge in [-0.15, -0.1) is 0 Å². The van der Waals surface area contributed by atoms with Crippen LogP contribution in [0.3, 0.4) is 0 Å². The van der Waals surface area contributed by atoms with Crippen LogP contribution in [-0.2, 0) is 20.1 Å². The highest BCUT2D eigenvalue weighted by molar-refractivity contribution is 7.89. The van der Waals surface area contributed by atoms with Crippen molar-refractivity contribution in [1.82, 2.24) is 4.72 Å². The van der Waals surface area contributed by atoms with Crippen molar-refractivity contribution in [3.63, 3.8) is 0 Å². The zero-order valence-corrected chi connectivity index (χ0v) is 21.6. The predicted octanol–water partition coefficient (Wildman–Crippen LogP) is 0.661. The fourth-order valence-corrected chi connectivity index (χ4v) is 4.91. The fraction of sp³-hybridized carbons (Fsp3) is 0.333. The Hall–Kier alpha value is -1.66. The molecule has 0 saturated heterocycles. The van der Waals surface area contributed by atoms with E-state index in [9.17, 15) is 21.6 Å². The third-order valence-corrected chi connectivity index (χ3v) is 8.01. The first-order valence-corrected chi connectivity index (χ1v) is 14.6. The van der Waals surface area contributed by atoms with E-state index >= 15 is 0 Å². The highest BCUT2D eigenvalue weighted by Crippen LogP contribution is 2.20. The molecule has 1 unspecified atom stereocenters. The number of sulfonamides is 1. The summed E-state index contributed by atoms with van der Waals surface area (Å²) in [4.78, 5) is 0.312. The molecule has 182 valence electrons. The number of aryl methyl sites for hydroxylation is 1. The molecule has 1 N–H and O–H groups in total. The quantitative estimate of drug-likeness (QED) is 0.213. The molecule has 0 aliphatic heterocycles. The van der Waals surface area contributed by atoms with Gasteiger partial charge in [0.2, 0.25) is 13.6 Å². The lowest BCUT2D eigenvalue weighted by atomic mass is 10.0. The van der Waals surface area contributed by atoms with Crippen LogP contribution in [0.25, 0.3) is 0 Å². The van der Waals surface area contributed by atoms with Crippen molar-refractivity contribution in [2.45, 2.75) is 37.1 Å². The van der Waals surface area contributed by atoms with Gasteiger partial charge in [-0.3, -0.25) is 0 Å². The predicted molar refractivity (Wildman–Crippen MR) is 113 cm³/mol. The molecule has 0 bridgehead atoms. The van der Waals surface area contributed by atoms with Crippen molar-refractivity contribution < 1.29 is 55.8 Å². The first kappa shape index (κ1) is 29.4. The van der Waals surface area contributed by atoms with Crippen molar-refractivity contribution in [1.29, 1.82) is 0 Å². The van der Waals surface area contributed by atoms with Crippen molar-refractivity contribution in [2.75, 3.05) is 6.54 Å². The van der Waals surface area contributed by atoms with Crippen molar-refractivity contribution >= 4 is 20.1 Å². The lowest BCUT2D eigenvalue weighted by Gasteiger charge is -2.09. The van der Waals surface area contributed by atoms with Crippen LogP contribution in [0, 0.1) is 26.3 Å². The molecule has 1 atom stereocenters. The minimum atomic E-state index is -6.09. The maximum Gasteiger partial charge on any atom is 0.485 e. The zero-order valence-electron chi connectivity index (χ0n) is 17.8. The topological polar surface area (TPSA) is 103 Å². The van der Waals surface area contributed by atoms with Crippen LogP contribution >= 0.6 is 0 Å². The third-order valence-electron chi connectivity index (χ3n) is 4.04. The molecular formula is C21H23F3INO5S2. The molecule has 0 amide bonds. The minimum absolute atomic E-state index is 0.226. The SMILES string of the molecule is CCC(C#C[I+]c1ccccc1)CCNS(=O)(=O)c1ccc(C)cc1.O=S(=O)([O-])C(F)(F)F.